The molecule has 1 aromatic carbocycles. The van der Waals surface area contributed by atoms with Crippen molar-refractivity contribution in [3.63, 3.8) is 0 Å². The van der Waals surface area contributed by atoms with E-state index in [2.05, 4.69) is 0 Å². The number of furan rings is 1. The first kappa shape index (κ1) is 17.3. The molecule has 26 heavy (non-hydrogen) atoms. The fourth-order valence-corrected chi connectivity index (χ4v) is 2.62. The Bertz CT molecular complexity index is 906. The summed E-state index contributed by atoms with van der Waals surface area (Å²) in [7, 11) is 2.53. The number of hydrogen-bond donors (Lipinski definition) is 0. The summed E-state index contributed by atoms with van der Waals surface area (Å²) in [5.74, 6) is -0.580. The van der Waals surface area contributed by atoms with Gasteiger partial charge in [-0.3, -0.25) is 0 Å². The average molecular weight is 351 g/mol. The number of hydrogen-bond acceptors (Lipinski definition) is 6. The van der Waals surface area contributed by atoms with Crippen LogP contribution in [0, 0.1) is 0 Å². The van der Waals surface area contributed by atoms with Crippen LogP contribution < -0.4 is 4.90 Å². The van der Waals surface area contributed by atoms with Gasteiger partial charge in [-0.15, -0.1) is 0 Å². The molecule has 0 spiro atoms. The van der Waals surface area contributed by atoms with Crippen molar-refractivity contribution in [1.29, 1.82) is 0 Å². The standard InChI is InChI=1S/C20H17NO5/c1-24-19(22)16-9-3-4-11-21(18(16)20(23)25-2)15-8-5-7-14(13-15)17-10-6-12-26-17/h3-13H,1-2H3. The molecule has 0 amide bonds. The monoisotopic (exact) mass is 351 g/mol. The molecule has 0 bridgehead atoms. The van der Waals surface area contributed by atoms with Gasteiger partial charge in [0.25, 0.3) is 0 Å². The summed E-state index contributed by atoms with van der Waals surface area (Å²) in [5.41, 5.74) is 1.68. The van der Waals surface area contributed by atoms with Crippen LogP contribution in [-0.2, 0) is 19.1 Å². The molecule has 1 aliphatic rings. The predicted molar refractivity (Wildman–Crippen MR) is 96.0 cm³/mol. The molecular weight excluding hydrogens is 334 g/mol. The minimum Gasteiger partial charge on any atom is -0.465 e. The lowest BCUT2D eigenvalue weighted by molar-refractivity contribution is -0.139. The van der Waals surface area contributed by atoms with Gasteiger partial charge in [-0.25, -0.2) is 9.59 Å². The smallest absolute Gasteiger partial charge is 0.355 e. The van der Waals surface area contributed by atoms with Gasteiger partial charge in [-0.05, 0) is 36.4 Å². The number of ether oxygens (including phenoxy) is 2. The molecule has 6 nitrogen and oxygen atoms in total. The summed E-state index contributed by atoms with van der Waals surface area (Å²) in [6, 6.07) is 11.0. The average Bonchev–Trinajstić information content (AvgIpc) is 3.13. The molecule has 2 heterocycles. The number of benzene rings is 1. The summed E-state index contributed by atoms with van der Waals surface area (Å²) in [5, 5.41) is 0. The molecule has 0 aliphatic carbocycles. The largest absolute Gasteiger partial charge is 0.465 e. The van der Waals surface area contributed by atoms with E-state index in [-0.39, 0.29) is 11.3 Å². The highest BCUT2D eigenvalue weighted by atomic mass is 16.5. The minimum absolute atomic E-state index is 0.0703. The zero-order valence-electron chi connectivity index (χ0n) is 14.3. The number of allylic oxidation sites excluding steroid dienone is 2. The molecule has 0 fully saturated rings. The molecule has 132 valence electrons. The first-order valence-corrected chi connectivity index (χ1v) is 7.84. The van der Waals surface area contributed by atoms with Crippen LogP contribution in [0.1, 0.15) is 0 Å². The van der Waals surface area contributed by atoms with Crippen molar-refractivity contribution >= 4 is 17.6 Å². The lowest BCUT2D eigenvalue weighted by Crippen LogP contribution is -2.26. The topological polar surface area (TPSA) is 69.0 Å². The lowest BCUT2D eigenvalue weighted by atomic mass is 10.1. The summed E-state index contributed by atoms with van der Waals surface area (Å²) in [6.45, 7) is 0. The van der Waals surface area contributed by atoms with Crippen LogP contribution in [0.4, 0.5) is 5.69 Å². The summed E-state index contributed by atoms with van der Waals surface area (Å²) < 4.78 is 15.1. The van der Waals surface area contributed by atoms with Gasteiger partial charge in [0.05, 0.1) is 26.1 Å². The SMILES string of the molecule is COC(=O)C1=C(C(=O)OC)N(c2cccc(-c3ccco3)c2)C=CC=C1. The van der Waals surface area contributed by atoms with Crippen molar-refractivity contribution in [1.82, 2.24) is 0 Å². The number of methoxy groups -OCH3 is 2. The number of esters is 2. The molecule has 0 atom stereocenters. The maximum Gasteiger partial charge on any atom is 0.355 e. The van der Waals surface area contributed by atoms with Crippen LogP contribution in [-0.4, -0.2) is 26.2 Å². The Labute approximate surface area is 150 Å². The Balaban J connectivity index is 2.14. The van der Waals surface area contributed by atoms with Gasteiger partial charge in [0, 0.05) is 17.5 Å². The van der Waals surface area contributed by atoms with Crippen molar-refractivity contribution < 1.29 is 23.5 Å². The summed E-state index contributed by atoms with van der Waals surface area (Å²) in [6.07, 6.45) is 8.17. The van der Waals surface area contributed by atoms with Crippen molar-refractivity contribution in [2.75, 3.05) is 19.1 Å². The van der Waals surface area contributed by atoms with Crippen LogP contribution in [0.25, 0.3) is 11.3 Å². The van der Waals surface area contributed by atoms with Gasteiger partial charge in [-0.1, -0.05) is 18.2 Å². The molecule has 0 saturated carbocycles. The molecule has 1 aromatic heterocycles. The fraction of sp³-hybridized carbons (Fsp3) is 0.100. The van der Waals surface area contributed by atoms with Crippen molar-refractivity contribution in [2.24, 2.45) is 0 Å². The number of rotatable bonds is 4. The van der Waals surface area contributed by atoms with Gasteiger partial charge < -0.3 is 18.8 Å². The van der Waals surface area contributed by atoms with E-state index in [1.807, 2.05) is 30.3 Å². The van der Waals surface area contributed by atoms with Crippen LogP contribution >= 0.6 is 0 Å². The van der Waals surface area contributed by atoms with Crippen molar-refractivity contribution in [2.45, 2.75) is 0 Å². The number of anilines is 1. The molecular formula is C20H17NO5. The third-order valence-corrected chi connectivity index (χ3v) is 3.82. The molecule has 2 aromatic rings. The fourth-order valence-electron chi connectivity index (χ4n) is 2.62. The number of carbonyl (C=O) groups excluding carboxylic acids is 2. The Morgan fingerprint density at radius 3 is 2.50 bits per heavy atom. The van der Waals surface area contributed by atoms with Crippen molar-refractivity contribution in [3.05, 3.63) is 78.4 Å². The van der Waals surface area contributed by atoms with E-state index < -0.39 is 11.9 Å². The Hall–Kier alpha value is -3.54. The highest BCUT2D eigenvalue weighted by molar-refractivity contribution is 6.05. The van der Waals surface area contributed by atoms with Gasteiger partial charge in [0.15, 0.2) is 0 Å². The zero-order chi connectivity index (χ0) is 18.5. The van der Waals surface area contributed by atoms with Gasteiger partial charge in [-0.2, -0.15) is 0 Å². The van der Waals surface area contributed by atoms with Gasteiger partial charge in [0.2, 0.25) is 0 Å². The van der Waals surface area contributed by atoms with E-state index in [0.717, 1.165) is 5.56 Å². The highest BCUT2D eigenvalue weighted by Crippen LogP contribution is 2.30. The molecule has 0 unspecified atom stereocenters. The van der Waals surface area contributed by atoms with Crippen LogP contribution in [0.15, 0.2) is 82.8 Å². The van der Waals surface area contributed by atoms with E-state index in [1.54, 1.807) is 35.6 Å². The number of nitrogens with zero attached hydrogens (tertiary/aromatic N) is 1. The Morgan fingerprint density at radius 2 is 1.81 bits per heavy atom. The first-order chi connectivity index (χ1) is 12.7. The van der Waals surface area contributed by atoms with Gasteiger partial charge in [0.1, 0.15) is 11.5 Å². The maximum absolute atomic E-state index is 12.4. The van der Waals surface area contributed by atoms with Crippen LogP contribution in [0.3, 0.4) is 0 Å². The third kappa shape index (κ3) is 3.30. The van der Waals surface area contributed by atoms with E-state index in [4.69, 9.17) is 13.9 Å². The second kappa shape index (κ2) is 7.57. The highest BCUT2D eigenvalue weighted by Gasteiger charge is 2.27. The Morgan fingerprint density at radius 1 is 1.00 bits per heavy atom. The third-order valence-electron chi connectivity index (χ3n) is 3.82. The Kier molecular flexibility index (Phi) is 5.03. The molecule has 0 radical (unpaired) electrons. The number of carbonyl (C=O) groups is 2. The molecule has 1 aliphatic heterocycles. The molecule has 3 rings (SSSR count). The van der Waals surface area contributed by atoms with Crippen LogP contribution in [0.2, 0.25) is 0 Å². The second-order valence-corrected chi connectivity index (χ2v) is 5.34. The minimum atomic E-state index is -0.648. The van der Waals surface area contributed by atoms with E-state index in [1.165, 1.54) is 20.3 Å². The second-order valence-electron chi connectivity index (χ2n) is 5.34. The van der Waals surface area contributed by atoms with Crippen molar-refractivity contribution in [3.8, 4) is 11.3 Å². The maximum atomic E-state index is 12.4. The van der Waals surface area contributed by atoms with E-state index >= 15 is 0 Å². The molecule has 0 saturated heterocycles. The van der Waals surface area contributed by atoms with E-state index in [0.29, 0.717) is 11.4 Å². The summed E-state index contributed by atoms with van der Waals surface area (Å²) in [4.78, 5) is 26.2. The normalized spacial score (nSPS) is 13.5. The molecule has 0 N–H and O–H groups in total. The van der Waals surface area contributed by atoms with E-state index in [9.17, 15) is 9.59 Å². The molecule has 6 heteroatoms. The lowest BCUT2D eigenvalue weighted by Gasteiger charge is -2.23. The summed E-state index contributed by atoms with van der Waals surface area (Å²) >= 11 is 0. The van der Waals surface area contributed by atoms with Crippen LogP contribution in [0.5, 0.6) is 0 Å². The zero-order valence-corrected chi connectivity index (χ0v) is 14.3. The quantitative estimate of drug-likeness (QED) is 0.786. The first-order valence-electron chi connectivity index (χ1n) is 7.84. The van der Waals surface area contributed by atoms with Gasteiger partial charge >= 0.3 is 11.9 Å². The predicted octanol–water partition coefficient (Wildman–Crippen LogP) is 3.44.